The fourth-order valence-corrected chi connectivity index (χ4v) is 1.08. The van der Waals surface area contributed by atoms with Gasteiger partial charge in [-0.2, -0.15) is 5.10 Å². The van der Waals surface area contributed by atoms with E-state index < -0.39 is 5.97 Å². The molecule has 0 saturated carbocycles. The lowest BCUT2D eigenvalue weighted by Crippen LogP contribution is -2.13. The quantitative estimate of drug-likeness (QED) is 0.726. The lowest BCUT2D eigenvalue weighted by molar-refractivity contribution is 0.0689. The molecule has 0 amide bonds. The van der Waals surface area contributed by atoms with E-state index in [1.807, 2.05) is 19.0 Å². The third-order valence-corrected chi connectivity index (χ3v) is 1.67. The lowest BCUT2D eigenvalue weighted by atomic mass is 10.3. The summed E-state index contributed by atoms with van der Waals surface area (Å²) >= 11 is 0. The number of aromatic nitrogens is 2. The van der Waals surface area contributed by atoms with Gasteiger partial charge in [0.05, 0.1) is 5.69 Å². The maximum absolute atomic E-state index is 10.6. The topological polar surface area (TPSA) is 58.4 Å². The monoisotopic (exact) mass is 183 g/mol. The van der Waals surface area contributed by atoms with E-state index in [1.165, 1.54) is 0 Å². The van der Waals surface area contributed by atoms with Crippen molar-refractivity contribution < 1.29 is 9.90 Å². The molecule has 1 N–H and O–H groups in total. The number of carboxylic acids is 1. The minimum Gasteiger partial charge on any atom is -0.476 e. The zero-order chi connectivity index (χ0) is 10.0. The Balaban J connectivity index is 2.90. The molecule has 1 heterocycles. The third-order valence-electron chi connectivity index (χ3n) is 1.67. The van der Waals surface area contributed by atoms with Gasteiger partial charge in [-0.1, -0.05) is 0 Å². The molecule has 0 spiro atoms. The highest BCUT2D eigenvalue weighted by Crippen LogP contribution is 2.04. The average molecular weight is 183 g/mol. The maximum atomic E-state index is 10.6. The van der Waals surface area contributed by atoms with Crippen LogP contribution in [0, 0.1) is 0 Å². The second kappa shape index (κ2) is 3.57. The number of hydrogen-bond donors (Lipinski definition) is 1. The maximum Gasteiger partial charge on any atom is 0.356 e. The van der Waals surface area contributed by atoms with Gasteiger partial charge in [-0.05, 0) is 20.2 Å². The molecule has 0 radical (unpaired) electrons. The van der Waals surface area contributed by atoms with Crippen LogP contribution in [0.15, 0.2) is 6.07 Å². The Morgan fingerprint density at radius 3 is 2.69 bits per heavy atom. The molecular weight excluding hydrogens is 170 g/mol. The molecule has 1 aromatic rings. The highest BCUT2D eigenvalue weighted by Gasteiger charge is 2.10. The molecule has 0 aromatic carbocycles. The van der Waals surface area contributed by atoms with Crippen LogP contribution in [0.3, 0.4) is 0 Å². The molecule has 1 aromatic heterocycles. The van der Waals surface area contributed by atoms with E-state index in [0.717, 1.165) is 5.69 Å². The van der Waals surface area contributed by atoms with Crippen molar-refractivity contribution in [2.24, 2.45) is 7.05 Å². The van der Waals surface area contributed by atoms with Crippen molar-refractivity contribution in [3.63, 3.8) is 0 Å². The smallest absolute Gasteiger partial charge is 0.356 e. The molecule has 0 saturated heterocycles. The standard InChI is InChI=1S/C8H13N3O2/c1-10(2)5-6-4-7(8(12)13)9-11(6)3/h4H,5H2,1-3H3,(H,12,13). The Kier molecular flexibility index (Phi) is 2.67. The van der Waals surface area contributed by atoms with Gasteiger partial charge in [0.15, 0.2) is 5.69 Å². The van der Waals surface area contributed by atoms with Gasteiger partial charge in [0.2, 0.25) is 0 Å². The Hall–Kier alpha value is -1.36. The van der Waals surface area contributed by atoms with Crippen molar-refractivity contribution in [1.29, 1.82) is 0 Å². The summed E-state index contributed by atoms with van der Waals surface area (Å²) in [4.78, 5) is 12.5. The number of nitrogens with zero attached hydrogens (tertiary/aromatic N) is 3. The summed E-state index contributed by atoms with van der Waals surface area (Å²) in [5.41, 5.74) is 0.988. The van der Waals surface area contributed by atoms with Gasteiger partial charge in [-0.25, -0.2) is 4.79 Å². The molecule has 0 bridgehead atoms. The second-order valence-corrected chi connectivity index (χ2v) is 3.19. The van der Waals surface area contributed by atoms with Crippen LogP contribution in [-0.2, 0) is 13.6 Å². The van der Waals surface area contributed by atoms with Crippen LogP contribution in [0.25, 0.3) is 0 Å². The second-order valence-electron chi connectivity index (χ2n) is 3.19. The van der Waals surface area contributed by atoms with E-state index in [9.17, 15) is 4.79 Å². The first-order valence-corrected chi connectivity index (χ1v) is 3.91. The molecule has 1 rings (SSSR count). The summed E-state index contributed by atoms with van der Waals surface area (Å²) in [5, 5.41) is 12.5. The van der Waals surface area contributed by atoms with Crippen LogP contribution in [0.2, 0.25) is 0 Å². The van der Waals surface area contributed by atoms with Gasteiger partial charge < -0.3 is 10.0 Å². The van der Waals surface area contributed by atoms with Crippen LogP contribution in [-0.4, -0.2) is 39.9 Å². The first-order chi connectivity index (χ1) is 6.00. The molecule has 13 heavy (non-hydrogen) atoms. The summed E-state index contributed by atoms with van der Waals surface area (Å²) in [6.07, 6.45) is 0. The Labute approximate surface area is 76.6 Å². The van der Waals surface area contributed by atoms with Crippen LogP contribution in [0.1, 0.15) is 16.2 Å². The van der Waals surface area contributed by atoms with Crippen LogP contribution >= 0.6 is 0 Å². The minimum absolute atomic E-state index is 0.0966. The lowest BCUT2D eigenvalue weighted by Gasteiger charge is -2.08. The van der Waals surface area contributed by atoms with Crippen LogP contribution in [0.5, 0.6) is 0 Å². The van der Waals surface area contributed by atoms with Crippen molar-refractivity contribution >= 4 is 5.97 Å². The fraction of sp³-hybridized carbons (Fsp3) is 0.500. The molecule has 0 aliphatic rings. The van der Waals surface area contributed by atoms with Crippen LogP contribution in [0.4, 0.5) is 0 Å². The Morgan fingerprint density at radius 1 is 1.69 bits per heavy atom. The summed E-state index contributed by atoms with van der Waals surface area (Å²) < 4.78 is 1.59. The highest BCUT2D eigenvalue weighted by atomic mass is 16.4. The minimum atomic E-state index is -0.986. The van der Waals surface area contributed by atoms with Crippen molar-refractivity contribution in [2.45, 2.75) is 6.54 Å². The first kappa shape index (κ1) is 9.73. The molecule has 0 unspecified atom stereocenters. The first-order valence-electron chi connectivity index (χ1n) is 3.91. The normalized spacial score (nSPS) is 10.8. The molecule has 0 aliphatic carbocycles. The van der Waals surface area contributed by atoms with E-state index in [1.54, 1.807) is 17.8 Å². The summed E-state index contributed by atoms with van der Waals surface area (Å²) in [7, 11) is 5.59. The average Bonchev–Trinajstić information content (AvgIpc) is 2.31. The zero-order valence-electron chi connectivity index (χ0n) is 7.98. The van der Waals surface area contributed by atoms with Gasteiger partial charge in [0.1, 0.15) is 0 Å². The number of aryl methyl sites for hydroxylation is 1. The summed E-state index contributed by atoms with van der Waals surface area (Å²) in [5.74, 6) is -0.986. The van der Waals surface area contributed by atoms with Gasteiger partial charge in [0.25, 0.3) is 0 Å². The fourth-order valence-electron chi connectivity index (χ4n) is 1.08. The highest BCUT2D eigenvalue weighted by molar-refractivity contribution is 5.85. The number of carboxylic acid groups (broad SMARTS) is 1. The van der Waals surface area contributed by atoms with E-state index in [4.69, 9.17) is 5.11 Å². The third kappa shape index (κ3) is 2.29. The summed E-state index contributed by atoms with van der Waals surface area (Å²) in [6.45, 7) is 0.691. The molecular formula is C8H13N3O2. The van der Waals surface area contributed by atoms with E-state index in [-0.39, 0.29) is 5.69 Å². The van der Waals surface area contributed by atoms with Crippen molar-refractivity contribution in [3.05, 3.63) is 17.5 Å². The van der Waals surface area contributed by atoms with Crippen molar-refractivity contribution in [3.8, 4) is 0 Å². The van der Waals surface area contributed by atoms with Crippen LogP contribution < -0.4 is 0 Å². The molecule has 5 nitrogen and oxygen atoms in total. The molecule has 72 valence electrons. The van der Waals surface area contributed by atoms with Crippen molar-refractivity contribution in [2.75, 3.05) is 14.1 Å². The zero-order valence-corrected chi connectivity index (χ0v) is 7.98. The molecule has 0 fully saturated rings. The van der Waals surface area contributed by atoms with Gasteiger partial charge in [0, 0.05) is 13.6 Å². The number of carbonyl (C=O) groups is 1. The number of hydrogen-bond acceptors (Lipinski definition) is 3. The van der Waals surface area contributed by atoms with E-state index in [2.05, 4.69) is 5.10 Å². The molecule has 0 aliphatic heterocycles. The Morgan fingerprint density at radius 2 is 2.31 bits per heavy atom. The predicted molar refractivity (Wildman–Crippen MR) is 47.6 cm³/mol. The van der Waals surface area contributed by atoms with Gasteiger partial charge in [-0.15, -0.1) is 0 Å². The number of aromatic carboxylic acids is 1. The van der Waals surface area contributed by atoms with Gasteiger partial charge >= 0.3 is 5.97 Å². The molecule has 0 atom stereocenters. The number of rotatable bonds is 3. The van der Waals surface area contributed by atoms with E-state index in [0.29, 0.717) is 6.54 Å². The SMILES string of the molecule is CN(C)Cc1cc(C(=O)O)nn1C. The summed E-state index contributed by atoms with van der Waals surface area (Å²) in [6, 6.07) is 1.59. The van der Waals surface area contributed by atoms with Gasteiger partial charge in [-0.3, -0.25) is 4.68 Å². The van der Waals surface area contributed by atoms with Crippen molar-refractivity contribution in [1.82, 2.24) is 14.7 Å². The molecule has 5 heteroatoms. The van der Waals surface area contributed by atoms with E-state index >= 15 is 0 Å². The predicted octanol–water partition coefficient (Wildman–Crippen LogP) is 0.180. The Bertz CT molecular complexity index is 317. The largest absolute Gasteiger partial charge is 0.476 e.